The van der Waals surface area contributed by atoms with E-state index in [-0.39, 0.29) is 0 Å². The maximum atomic E-state index is 4.57. The maximum absolute atomic E-state index is 4.57. The van der Waals surface area contributed by atoms with Crippen LogP contribution >= 0.6 is 0 Å². The van der Waals surface area contributed by atoms with E-state index in [0.717, 1.165) is 25.6 Å². The van der Waals surface area contributed by atoms with Crippen molar-refractivity contribution in [3.05, 3.63) is 54.4 Å². The number of hydrogen-bond donors (Lipinski definition) is 2. The predicted octanol–water partition coefficient (Wildman–Crippen LogP) is 1.64. The van der Waals surface area contributed by atoms with Gasteiger partial charge in [-0.2, -0.15) is 5.10 Å². The molecule has 0 aliphatic carbocycles. The van der Waals surface area contributed by atoms with Crippen molar-refractivity contribution in [1.29, 1.82) is 0 Å². The summed E-state index contributed by atoms with van der Waals surface area (Å²) >= 11 is 0. The second-order valence-electron chi connectivity index (χ2n) is 4.38. The summed E-state index contributed by atoms with van der Waals surface area (Å²) in [7, 11) is 0. The zero-order chi connectivity index (χ0) is 14.0. The molecule has 0 amide bonds. The first-order valence-corrected chi connectivity index (χ1v) is 6.92. The fourth-order valence-electron chi connectivity index (χ4n) is 1.82. The highest BCUT2D eigenvalue weighted by atomic mass is 15.3. The molecule has 0 saturated heterocycles. The summed E-state index contributed by atoms with van der Waals surface area (Å²) < 4.78 is 1.90. The molecule has 0 bridgehead atoms. The van der Waals surface area contributed by atoms with E-state index in [2.05, 4.69) is 39.8 Å². The summed E-state index contributed by atoms with van der Waals surface area (Å²) in [6.07, 6.45) is 3.74. The standard InChI is InChI=1S/C15H21N5/c1-2-16-15(17-10-12-20-11-6-9-19-20)18-13-14-7-4-3-5-8-14/h3-9,11H,2,10,12-13H2,1H3,(H2,16,17,18). The molecule has 0 aliphatic rings. The van der Waals surface area contributed by atoms with Crippen LogP contribution in [-0.4, -0.2) is 28.8 Å². The molecule has 1 aromatic heterocycles. The number of guanidine groups is 1. The van der Waals surface area contributed by atoms with Crippen LogP contribution in [-0.2, 0) is 13.1 Å². The molecule has 1 aromatic carbocycles. The molecule has 0 atom stereocenters. The largest absolute Gasteiger partial charge is 0.357 e. The van der Waals surface area contributed by atoms with Crippen molar-refractivity contribution in [3.8, 4) is 0 Å². The number of rotatable bonds is 6. The molecule has 0 radical (unpaired) electrons. The van der Waals surface area contributed by atoms with Crippen LogP contribution < -0.4 is 10.6 Å². The number of aromatic nitrogens is 2. The van der Waals surface area contributed by atoms with Gasteiger partial charge in [0.2, 0.25) is 0 Å². The number of benzene rings is 1. The lowest BCUT2D eigenvalue weighted by Gasteiger charge is -2.11. The Hall–Kier alpha value is -2.30. The summed E-state index contributed by atoms with van der Waals surface area (Å²) in [6, 6.07) is 12.2. The number of aliphatic imine (C=N–C) groups is 1. The first-order valence-electron chi connectivity index (χ1n) is 6.92. The van der Waals surface area contributed by atoms with Crippen molar-refractivity contribution in [1.82, 2.24) is 20.4 Å². The van der Waals surface area contributed by atoms with Gasteiger partial charge in [0.05, 0.1) is 13.1 Å². The van der Waals surface area contributed by atoms with Crippen molar-refractivity contribution in [3.63, 3.8) is 0 Å². The quantitative estimate of drug-likeness (QED) is 0.620. The molecule has 20 heavy (non-hydrogen) atoms. The van der Waals surface area contributed by atoms with Crippen LogP contribution in [0, 0.1) is 0 Å². The average molecular weight is 271 g/mol. The van der Waals surface area contributed by atoms with Gasteiger partial charge in [0.1, 0.15) is 0 Å². The normalized spacial score (nSPS) is 11.3. The Morgan fingerprint density at radius 3 is 2.75 bits per heavy atom. The first-order chi connectivity index (χ1) is 9.88. The average Bonchev–Trinajstić information content (AvgIpc) is 2.99. The number of nitrogens with zero attached hydrogens (tertiary/aromatic N) is 3. The first kappa shape index (κ1) is 14.1. The van der Waals surface area contributed by atoms with Gasteiger partial charge in [0, 0.05) is 25.5 Å². The highest BCUT2D eigenvalue weighted by Gasteiger charge is 1.97. The molecule has 0 unspecified atom stereocenters. The fraction of sp³-hybridized carbons (Fsp3) is 0.333. The highest BCUT2D eigenvalue weighted by Crippen LogP contribution is 1.99. The molecule has 106 valence electrons. The Kier molecular flexibility index (Phi) is 5.64. The van der Waals surface area contributed by atoms with Crippen molar-refractivity contribution in [2.45, 2.75) is 20.0 Å². The third kappa shape index (κ3) is 4.76. The van der Waals surface area contributed by atoms with E-state index in [4.69, 9.17) is 0 Å². The lowest BCUT2D eigenvalue weighted by Crippen LogP contribution is -2.38. The van der Waals surface area contributed by atoms with Crippen LogP contribution in [0.1, 0.15) is 12.5 Å². The van der Waals surface area contributed by atoms with E-state index in [1.807, 2.05) is 35.1 Å². The second-order valence-corrected chi connectivity index (χ2v) is 4.38. The zero-order valence-electron chi connectivity index (χ0n) is 11.8. The predicted molar refractivity (Wildman–Crippen MR) is 81.5 cm³/mol. The monoisotopic (exact) mass is 271 g/mol. The Balaban J connectivity index is 1.82. The van der Waals surface area contributed by atoms with Gasteiger partial charge in [0.25, 0.3) is 0 Å². The molecule has 0 fully saturated rings. The van der Waals surface area contributed by atoms with Crippen LogP contribution in [0.3, 0.4) is 0 Å². The Morgan fingerprint density at radius 1 is 1.20 bits per heavy atom. The molecule has 0 saturated carbocycles. The van der Waals surface area contributed by atoms with E-state index >= 15 is 0 Å². The van der Waals surface area contributed by atoms with Crippen molar-refractivity contribution >= 4 is 5.96 Å². The molecule has 5 heteroatoms. The van der Waals surface area contributed by atoms with E-state index in [9.17, 15) is 0 Å². The van der Waals surface area contributed by atoms with Gasteiger partial charge in [-0.1, -0.05) is 30.3 Å². The molecule has 0 aliphatic heterocycles. The summed E-state index contributed by atoms with van der Waals surface area (Å²) in [5.41, 5.74) is 1.21. The maximum Gasteiger partial charge on any atom is 0.191 e. The smallest absolute Gasteiger partial charge is 0.191 e. The zero-order valence-corrected chi connectivity index (χ0v) is 11.8. The summed E-state index contributed by atoms with van der Waals surface area (Å²) in [4.78, 5) is 4.57. The minimum absolute atomic E-state index is 0.679. The lowest BCUT2D eigenvalue weighted by molar-refractivity contribution is 0.598. The van der Waals surface area contributed by atoms with E-state index in [1.54, 1.807) is 6.20 Å². The van der Waals surface area contributed by atoms with Crippen molar-refractivity contribution < 1.29 is 0 Å². The third-order valence-electron chi connectivity index (χ3n) is 2.80. The van der Waals surface area contributed by atoms with Crippen LogP contribution in [0.2, 0.25) is 0 Å². The van der Waals surface area contributed by atoms with Gasteiger partial charge < -0.3 is 10.6 Å². The van der Waals surface area contributed by atoms with Crippen LogP contribution in [0.15, 0.2) is 53.8 Å². The Bertz CT molecular complexity index is 504. The van der Waals surface area contributed by atoms with Crippen LogP contribution in [0.25, 0.3) is 0 Å². The molecule has 2 N–H and O–H groups in total. The molecule has 1 heterocycles. The van der Waals surface area contributed by atoms with Crippen LogP contribution in [0.4, 0.5) is 0 Å². The van der Waals surface area contributed by atoms with Crippen LogP contribution in [0.5, 0.6) is 0 Å². The second kappa shape index (κ2) is 7.99. The van der Waals surface area contributed by atoms with E-state index in [0.29, 0.717) is 6.54 Å². The lowest BCUT2D eigenvalue weighted by atomic mass is 10.2. The summed E-state index contributed by atoms with van der Waals surface area (Å²) in [6.45, 7) is 5.21. The van der Waals surface area contributed by atoms with Gasteiger partial charge in [-0.15, -0.1) is 0 Å². The minimum atomic E-state index is 0.679. The number of nitrogens with one attached hydrogen (secondary N) is 2. The fourth-order valence-corrected chi connectivity index (χ4v) is 1.82. The molecular formula is C15H21N5. The molecule has 5 nitrogen and oxygen atoms in total. The third-order valence-corrected chi connectivity index (χ3v) is 2.80. The highest BCUT2D eigenvalue weighted by molar-refractivity contribution is 5.79. The van der Waals surface area contributed by atoms with E-state index in [1.165, 1.54) is 5.56 Å². The molecule has 0 spiro atoms. The molecule has 2 rings (SSSR count). The SMILES string of the molecule is CCNC(=NCc1ccccc1)NCCn1cccn1. The Labute approximate surface area is 119 Å². The van der Waals surface area contributed by atoms with Gasteiger partial charge in [-0.3, -0.25) is 4.68 Å². The van der Waals surface area contributed by atoms with Crippen molar-refractivity contribution in [2.75, 3.05) is 13.1 Å². The number of hydrogen-bond acceptors (Lipinski definition) is 2. The van der Waals surface area contributed by atoms with Gasteiger partial charge in [0.15, 0.2) is 5.96 Å². The Morgan fingerprint density at radius 2 is 2.05 bits per heavy atom. The van der Waals surface area contributed by atoms with Crippen molar-refractivity contribution in [2.24, 2.45) is 4.99 Å². The molecular weight excluding hydrogens is 250 g/mol. The molecule has 2 aromatic rings. The van der Waals surface area contributed by atoms with Gasteiger partial charge in [-0.25, -0.2) is 4.99 Å². The van der Waals surface area contributed by atoms with Gasteiger partial charge in [-0.05, 0) is 18.6 Å². The topological polar surface area (TPSA) is 54.2 Å². The summed E-state index contributed by atoms with van der Waals surface area (Å²) in [5.74, 6) is 0.837. The minimum Gasteiger partial charge on any atom is -0.357 e. The summed E-state index contributed by atoms with van der Waals surface area (Å²) in [5, 5.41) is 10.7. The van der Waals surface area contributed by atoms with Gasteiger partial charge >= 0.3 is 0 Å². The van der Waals surface area contributed by atoms with E-state index < -0.39 is 0 Å².